The molecule has 2 aliphatic rings. The molecule has 0 aliphatic heterocycles. The maximum absolute atomic E-state index is 8.89. The Labute approximate surface area is 116 Å². The third-order valence-electron chi connectivity index (χ3n) is 3.37. The van der Waals surface area contributed by atoms with Gasteiger partial charge in [0.15, 0.2) is 6.79 Å². The van der Waals surface area contributed by atoms with Crippen LogP contribution in [0.4, 0.5) is 0 Å². The Kier molecular flexibility index (Phi) is 4.92. The number of hydrogen-bond acceptors (Lipinski definition) is 4. The summed E-state index contributed by atoms with van der Waals surface area (Å²) in [5.41, 5.74) is 1.00. The minimum Gasteiger partial charge on any atom is -0.468 e. The standard InChI is InChI=1S/C12H16Cl2O4/c13-9-3-7-8(4-10(9)14)12(18-6-16)2-1-11(7)17-5-15/h1-2,7,9-11,15-16H,3-6H2. The van der Waals surface area contributed by atoms with Crippen molar-refractivity contribution in [3.8, 4) is 0 Å². The molecule has 0 saturated heterocycles. The molecular weight excluding hydrogens is 279 g/mol. The van der Waals surface area contributed by atoms with E-state index in [1.54, 1.807) is 6.08 Å². The summed E-state index contributed by atoms with van der Waals surface area (Å²) in [4.78, 5) is 0. The summed E-state index contributed by atoms with van der Waals surface area (Å²) in [5, 5.41) is 17.5. The summed E-state index contributed by atoms with van der Waals surface area (Å²) >= 11 is 12.4. The lowest BCUT2D eigenvalue weighted by Crippen LogP contribution is -2.37. The number of hydrogen-bond donors (Lipinski definition) is 2. The number of aliphatic hydroxyl groups excluding tert-OH is 2. The van der Waals surface area contributed by atoms with E-state index in [-0.39, 0.29) is 36.4 Å². The lowest BCUT2D eigenvalue weighted by Gasteiger charge is -2.38. The molecule has 4 atom stereocenters. The highest BCUT2D eigenvalue weighted by Gasteiger charge is 2.39. The van der Waals surface area contributed by atoms with Crippen molar-refractivity contribution in [3.05, 3.63) is 23.5 Å². The van der Waals surface area contributed by atoms with E-state index in [4.69, 9.17) is 42.9 Å². The van der Waals surface area contributed by atoms with Crippen LogP contribution in [0.5, 0.6) is 0 Å². The van der Waals surface area contributed by atoms with Crippen LogP contribution in [-0.2, 0) is 9.47 Å². The molecule has 0 aromatic heterocycles. The number of aliphatic hydroxyl groups is 2. The monoisotopic (exact) mass is 294 g/mol. The van der Waals surface area contributed by atoms with E-state index < -0.39 is 0 Å². The van der Waals surface area contributed by atoms with Gasteiger partial charge in [-0.05, 0) is 24.5 Å². The fourth-order valence-electron chi connectivity index (χ4n) is 2.53. The third kappa shape index (κ3) is 2.83. The second-order valence-corrected chi connectivity index (χ2v) is 5.48. The van der Waals surface area contributed by atoms with Gasteiger partial charge in [-0.1, -0.05) is 6.08 Å². The molecule has 18 heavy (non-hydrogen) atoms. The van der Waals surface area contributed by atoms with Crippen LogP contribution >= 0.6 is 23.2 Å². The van der Waals surface area contributed by atoms with E-state index in [0.29, 0.717) is 18.6 Å². The molecular formula is C12H16Cl2O4. The molecule has 0 aromatic carbocycles. The molecule has 0 aromatic rings. The summed E-state index contributed by atoms with van der Waals surface area (Å²) in [6.07, 6.45) is 4.61. The Morgan fingerprint density at radius 1 is 1.22 bits per heavy atom. The van der Waals surface area contributed by atoms with Gasteiger partial charge in [0, 0.05) is 5.92 Å². The predicted molar refractivity (Wildman–Crippen MR) is 68.3 cm³/mol. The molecule has 4 unspecified atom stereocenters. The van der Waals surface area contributed by atoms with Crippen molar-refractivity contribution in [3.63, 3.8) is 0 Å². The normalized spacial score (nSPS) is 35.6. The van der Waals surface area contributed by atoms with Gasteiger partial charge in [-0.15, -0.1) is 23.2 Å². The van der Waals surface area contributed by atoms with Gasteiger partial charge >= 0.3 is 0 Å². The van der Waals surface area contributed by atoms with E-state index in [9.17, 15) is 0 Å². The van der Waals surface area contributed by atoms with Crippen LogP contribution in [-0.4, -0.2) is 40.7 Å². The van der Waals surface area contributed by atoms with E-state index in [1.165, 1.54) is 0 Å². The smallest absolute Gasteiger partial charge is 0.186 e. The summed E-state index contributed by atoms with van der Waals surface area (Å²) in [7, 11) is 0. The Balaban J connectivity index is 2.24. The zero-order chi connectivity index (χ0) is 13.1. The predicted octanol–water partition coefficient (Wildman–Crippen LogP) is 1.74. The first-order valence-electron chi connectivity index (χ1n) is 5.83. The van der Waals surface area contributed by atoms with E-state index >= 15 is 0 Å². The topological polar surface area (TPSA) is 58.9 Å². The average molecular weight is 295 g/mol. The number of halogens is 2. The summed E-state index contributed by atoms with van der Waals surface area (Å²) in [5.74, 6) is 0.677. The molecule has 4 nitrogen and oxygen atoms in total. The molecule has 102 valence electrons. The SMILES string of the molecule is OCOC1=C2CC(Cl)C(Cl)CC2C(OCO)C=C1. The van der Waals surface area contributed by atoms with Crippen molar-refractivity contribution in [1.29, 1.82) is 0 Å². The second kappa shape index (κ2) is 6.26. The Bertz CT molecular complexity index is 356. The minimum absolute atomic E-state index is 0.0428. The number of rotatable bonds is 4. The quantitative estimate of drug-likeness (QED) is 0.612. The van der Waals surface area contributed by atoms with Crippen molar-refractivity contribution >= 4 is 23.2 Å². The van der Waals surface area contributed by atoms with Crippen LogP contribution in [0.2, 0.25) is 0 Å². The lowest BCUT2D eigenvalue weighted by atomic mass is 9.77. The average Bonchev–Trinajstić information content (AvgIpc) is 2.35. The van der Waals surface area contributed by atoms with Gasteiger partial charge < -0.3 is 19.7 Å². The highest BCUT2D eigenvalue weighted by Crippen LogP contribution is 2.42. The summed E-state index contributed by atoms with van der Waals surface area (Å²) in [6.45, 7) is -0.717. The molecule has 2 rings (SSSR count). The van der Waals surface area contributed by atoms with Crippen molar-refractivity contribution in [1.82, 2.24) is 0 Å². The number of ether oxygens (including phenoxy) is 2. The van der Waals surface area contributed by atoms with E-state index in [2.05, 4.69) is 0 Å². The van der Waals surface area contributed by atoms with Gasteiger partial charge in [0.25, 0.3) is 0 Å². The molecule has 0 radical (unpaired) electrons. The lowest BCUT2D eigenvalue weighted by molar-refractivity contribution is -0.0526. The van der Waals surface area contributed by atoms with Crippen molar-refractivity contribution in [2.45, 2.75) is 29.7 Å². The van der Waals surface area contributed by atoms with Gasteiger partial charge in [-0.25, -0.2) is 0 Å². The van der Waals surface area contributed by atoms with Crippen molar-refractivity contribution in [2.75, 3.05) is 13.6 Å². The van der Waals surface area contributed by atoms with Crippen LogP contribution < -0.4 is 0 Å². The zero-order valence-electron chi connectivity index (χ0n) is 9.76. The second-order valence-electron chi connectivity index (χ2n) is 4.36. The number of fused-ring (bicyclic) bond motifs is 1. The first kappa shape index (κ1) is 14.2. The molecule has 0 heterocycles. The molecule has 0 bridgehead atoms. The molecule has 2 aliphatic carbocycles. The fraction of sp³-hybridized carbons (Fsp3) is 0.667. The van der Waals surface area contributed by atoms with Crippen LogP contribution in [0, 0.1) is 5.92 Å². The maximum Gasteiger partial charge on any atom is 0.186 e. The largest absolute Gasteiger partial charge is 0.468 e. The molecule has 6 heteroatoms. The van der Waals surface area contributed by atoms with Gasteiger partial charge in [0.1, 0.15) is 12.6 Å². The molecule has 0 spiro atoms. The van der Waals surface area contributed by atoms with Gasteiger partial charge in [-0.3, -0.25) is 0 Å². The highest BCUT2D eigenvalue weighted by atomic mass is 35.5. The first-order valence-corrected chi connectivity index (χ1v) is 6.70. The van der Waals surface area contributed by atoms with Gasteiger partial charge in [0.2, 0.25) is 0 Å². The van der Waals surface area contributed by atoms with Gasteiger partial charge in [-0.2, -0.15) is 0 Å². The van der Waals surface area contributed by atoms with Crippen LogP contribution in [0.25, 0.3) is 0 Å². The summed E-state index contributed by atoms with van der Waals surface area (Å²) < 4.78 is 10.5. The fourth-order valence-corrected chi connectivity index (χ4v) is 3.08. The Morgan fingerprint density at radius 2 is 2.00 bits per heavy atom. The molecule has 1 fully saturated rings. The first-order chi connectivity index (χ1) is 8.67. The maximum atomic E-state index is 8.89. The van der Waals surface area contributed by atoms with Gasteiger partial charge in [0.05, 0.1) is 16.9 Å². The third-order valence-corrected chi connectivity index (χ3v) is 4.44. The molecule has 2 N–H and O–H groups in total. The number of alkyl halides is 2. The zero-order valence-corrected chi connectivity index (χ0v) is 11.3. The Hall–Kier alpha value is -0.260. The summed E-state index contributed by atoms with van der Waals surface area (Å²) in [6, 6.07) is 0. The number of allylic oxidation sites excluding steroid dienone is 1. The van der Waals surface area contributed by atoms with Crippen molar-refractivity contribution in [2.24, 2.45) is 5.92 Å². The van der Waals surface area contributed by atoms with Crippen LogP contribution in [0.1, 0.15) is 12.8 Å². The minimum atomic E-state index is -0.376. The molecule has 0 amide bonds. The Morgan fingerprint density at radius 3 is 2.67 bits per heavy atom. The highest BCUT2D eigenvalue weighted by molar-refractivity contribution is 6.30. The van der Waals surface area contributed by atoms with E-state index in [1.807, 2.05) is 6.08 Å². The van der Waals surface area contributed by atoms with Crippen LogP contribution in [0.15, 0.2) is 23.5 Å². The van der Waals surface area contributed by atoms with E-state index in [0.717, 1.165) is 5.57 Å². The van der Waals surface area contributed by atoms with Crippen LogP contribution in [0.3, 0.4) is 0 Å². The van der Waals surface area contributed by atoms with Crippen molar-refractivity contribution < 1.29 is 19.7 Å². The molecule has 1 saturated carbocycles.